The van der Waals surface area contributed by atoms with E-state index in [-0.39, 0.29) is 0 Å². The van der Waals surface area contributed by atoms with Gasteiger partial charge in [-0.15, -0.1) is 0 Å². The smallest absolute Gasteiger partial charge is 0.364 e. The summed E-state index contributed by atoms with van der Waals surface area (Å²) in [5.74, 6) is -8.66. The van der Waals surface area contributed by atoms with Gasteiger partial charge in [-0.1, -0.05) is 0 Å². The van der Waals surface area contributed by atoms with Crippen LogP contribution in [0.1, 0.15) is 27.2 Å². The van der Waals surface area contributed by atoms with Crippen molar-refractivity contribution in [2.75, 3.05) is 26.4 Å². The van der Waals surface area contributed by atoms with Gasteiger partial charge < -0.3 is 101 Å². The molecule has 316 valence electrons. The van der Waals surface area contributed by atoms with Gasteiger partial charge in [0.1, 0.15) is 73.1 Å². The number of aliphatic carboxylic acids is 2. The Hall–Kier alpha value is -3.25. The van der Waals surface area contributed by atoms with Gasteiger partial charge in [0, 0.05) is 27.2 Å². The number of aliphatic hydroxyl groups excluding tert-OH is 8. The van der Waals surface area contributed by atoms with Crippen LogP contribution in [0.3, 0.4) is 0 Å². The summed E-state index contributed by atoms with van der Waals surface area (Å²) in [6.45, 7) is -0.627. The fourth-order valence-corrected chi connectivity index (χ4v) is 6.25. The first-order valence-electron chi connectivity index (χ1n) is 16.9. The van der Waals surface area contributed by atoms with Gasteiger partial charge in [-0.2, -0.15) is 0 Å². The number of nitrogens with two attached hydrogens (primary N) is 1. The molecule has 3 aliphatic heterocycles. The molecule has 17 atom stereocenters. The summed E-state index contributed by atoms with van der Waals surface area (Å²) in [5, 5.41) is 111. The molecule has 3 aliphatic rings. The Morgan fingerprint density at radius 2 is 1.38 bits per heavy atom. The van der Waals surface area contributed by atoms with Crippen LogP contribution in [0.15, 0.2) is 0 Å². The van der Waals surface area contributed by atoms with Crippen LogP contribution in [0, 0.1) is 0 Å². The summed E-state index contributed by atoms with van der Waals surface area (Å²) < 4.78 is 34.2. The maximum Gasteiger partial charge on any atom is 0.364 e. The molecule has 0 aliphatic carbocycles. The number of carbonyl (C=O) groups excluding carboxylic acids is 3. The molecule has 3 rings (SSSR count). The van der Waals surface area contributed by atoms with Crippen molar-refractivity contribution in [1.82, 2.24) is 16.0 Å². The molecule has 3 heterocycles. The minimum atomic E-state index is -2.93. The highest BCUT2D eigenvalue weighted by molar-refractivity contribution is 5.77. The van der Waals surface area contributed by atoms with Crippen molar-refractivity contribution in [3.8, 4) is 0 Å². The molecule has 55 heavy (non-hydrogen) atoms. The van der Waals surface area contributed by atoms with Gasteiger partial charge in [-0.25, -0.2) is 4.79 Å². The molecule has 3 fully saturated rings. The predicted molar refractivity (Wildman–Crippen MR) is 173 cm³/mol. The maximum absolute atomic E-state index is 12.7. The number of hydrogen-bond acceptors (Lipinski definition) is 20. The van der Waals surface area contributed by atoms with Crippen LogP contribution in [-0.4, -0.2) is 211 Å². The van der Waals surface area contributed by atoms with E-state index in [9.17, 15) is 75.0 Å². The van der Waals surface area contributed by atoms with Gasteiger partial charge in [-0.3, -0.25) is 19.2 Å². The molecular weight excluding hydrogens is 752 g/mol. The second-order valence-electron chi connectivity index (χ2n) is 13.3. The first-order chi connectivity index (χ1) is 25.7. The Morgan fingerprint density at radius 1 is 0.818 bits per heavy atom. The van der Waals surface area contributed by atoms with E-state index in [0.717, 1.165) is 20.8 Å². The highest BCUT2D eigenvalue weighted by atomic mass is 16.8. The van der Waals surface area contributed by atoms with E-state index in [1.54, 1.807) is 0 Å². The van der Waals surface area contributed by atoms with Gasteiger partial charge >= 0.3 is 11.9 Å². The first kappa shape index (κ1) is 46.1. The monoisotopic (exact) mass is 802 g/mol. The first-order valence-corrected chi connectivity index (χ1v) is 16.9. The highest BCUT2D eigenvalue weighted by Crippen LogP contribution is 2.36. The van der Waals surface area contributed by atoms with E-state index >= 15 is 0 Å². The van der Waals surface area contributed by atoms with Crippen molar-refractivity contribution in [1.29, 1.82) is 0 Å². The fraction of sp³-hybridized carbons (Fsp3) is 0.833. The summed E-state index contributed by atoms with van der Waals surface area (Å²) in [6.07, 6.45) is -23.2. The third-order valence-electron chi connectivity index (χ3n) is 9.01. The number of hydrogen-bond donors (Lipinski definition) is 14. The number of aliphatic hydroxyl groups is 8. The zero-order valence-electron chi connectivity index (χ0n) is 29.8. The number of rotatable bonds is 17. The molecule has 3 saturated heterocycles. The molecule has 0 radical (unpaired) electrons. The molecule has 15 N–H and O–H groups in total. The third-order valence-corrected chi connectivity index (χ3v) is 9.01. The minimum absolute atomic E-state index is 0.749. The largest absolute Gasteiger partial charge is 0.480 e. The topological polar surface area (TPSA) is 405 Å². The Balaban J connectivity index is 2.04. The van der Waals surface area contributed by atoms with Gasteiger partial charge in [0.05, 0.1) is 38.6 Å². The maximum atomic E-state index is 12.7. The van der Waals surface area contributed by atoms with Crippen LogP contribution in [-0.2, 0) is 52.4 Å². The second kappa shape index (κ2) is 19.7. The van der Waals surface area contributed by atoms with E-state index in [2.05, 4.69) is 16.0 Å². The number of carboxylic acid groups (broad SMARTS) is 2. The van der Waals surface area contributed by atoms with Crippen molar-refractivity contribution in [3.63, 3.8) is 0 Å². The minimum Gasteiger partial charge on any atom is -0.480 e. The zero-order chi connectivity index (χ0) is 41.5. The lowest BCUT2D eigenvalue weighted by atomic mass is 9.88. The molecule has 0 unspecified atom stereocenters. The number of amides is 3. The van der Waals surface area contributed by atoms with Crippen LogP contribution in [0.5, 0.6) is 0 Å². The lowest BCUT2D eigenvalue weighted by molar-refractivity contribution is -0.345. The normalized spacial score (nSPS) is 38.2. The molecule has 3 amide bonds. The predicted octanol–water partition coefficient (Wildman–Crippen LogP) is -8.50. The fourth-order valence-electron chi connectivity index (χ4n) is 6.25. The lowest BCUT2D eigenvalue weighted by Gasteiger charge is -2.49. The summed E-state index contributed by atoms with van der Waals surface area (Å²) in [7, 11) is 0. The van der Waals surface area contributed by atoms with Crippen molar-refractivity contribution in [3.05, 3.63) is 0 Å². The van der Waals surface area contributed by atoms with E-state index in [1.165, 1.54) is 0 Å². The number of carbonyl (C=O) groups is 5. The standard InChI is InChI=1S/C30H50N4O21/c1-9(37)32-17-13(40)4-30(29(48)49,55-25(17)20(42)14(41)5-35)51-8-16-22(44)24(19(34-11(3)39)27(53-16)50-7-12(31)26(46)47)54-28-18(33-10(2)38)23(45)21(43)15(6-36)52-28/h12-25,27-28,35-36,40-45H,4-8,31H2,1-3H3,(H,32,37)(H,33,38)(H,34,39)(H,46,47)(H,48,49)/t12-,13-,14+,15+,16+,17+,18+,19+,20+,21-,22-,23+,24+,25+,27-,28+,30+/m0/s1. The molecule has 0 aromatic rings. The van der Waals surface area contributed by atoms with Crippen molar-refractivity contribution >= 4 is 29.7 Å². The highest BCUT2D eigenvalue weighted by Gasteiger charge is 2.58. The Morgan fingerprint density at radius 3 is 1.91 bits per heavy atom. The van der Waals surface area contributed by atoms with E-state index in [4.69, 9.17) is 34.2 Å². The van der Waals surface area contributed by atoms with Gasteiger partial charge in [0.2, 0.25) is 17.7 Å². The number of nitrogens with one attached hydrogen (secondary N) is 3. The van der Waals surface area contributed by atoms with Gasteiger partial charge in [-0.05, 0) is 0 Å². The van der Waals surface area contributed by atoms with Crippen LogP contribution >= 0.6 is 0 Å². The SMILES string of the molecule is CC(=O)N[C@H]1[C@@H](O[C@H]2[C@@H](O)[C@@H](CO[C@]3(C(=O)O)C[C@H](O)[C@@H](NC(C)=O)[C@H]([C@H](O)[C@H](O)CO)O3)O[C@H](OC[C@H](N)C(=O)O)[C@@H]2NC(C)=O)O[C@H](CO)[C@H](O)[C@@H]1O. The second-order valence-corrected chi connectivity index (χ2v) is 13.3. The van der Waals surface area contributed by atoms with Crippen LogP contribution in [0.4, 0.5) is 0 Å². The average molecular weight is 803 g/mol. The van der Waals surface area contributed by atoms with Crippen molar-refractivity contribution in [2.24, 2.45) is 5.73 Å². The number of carboxylic acids is 2. The van der Waals surface area contributed by atoms with Crippen molar-refractivity contribution in [2.45, 2.75) is 131 Å². The molecule has 0 saturated carbocycles. The molecule has 25 nitrogen and oxygen atoms in total. The van der Waals surface area contributed by atoms with Crippen LogP contribution in [0.2, 0.25) is 0 Å². The van der Waals surface area contributed by atoms with Gasteiger partial charge in [0.25, 0.3) is 5.79 Å². The summed E-state index contributed by atoms with van der Waals surface area (Å²) in [6, 6.07) is -6.41. The van der Waals surface area contributed by atoms with E-state index in [1.807, 2.05) is 0 Å². The molecule has 0 aromatic carbocycles. The zero-order valence-corrected chi connectivity index (χ0v) is 29.8. The van der Waals surface area contributed by atoms with E-state index < -0.39 is 166 Å². The lowest BCUT2D eigenvalue weighted by Crippen LogP contribution is -2.70. The summed E-state index contributed by atoms with van der Waals surface area (Å²) in [5.41, 5.74) is 5.59. The van der Waals surface area contributed by atoms with Crippen LogP contribution in [0.25, 0.3) is 0 Å². The molecule has 0 spiro atoms. The molecule has 25 heteroatoms. The quantitative estimate of drug-likeness (QED) is 0.0649. The molecule has 0 aromatic heterocycles. The summed E-state index contributed by atoms with van der Waals surface area (Å²) >= 11 is 0. The van der Waals surface area contributed by atoms with Gasteiger partial charge in [0.15, 0.2) is 12.6 Å². The average Bonchev–Trinajstić information content (AvgIpc) is 3.11. The van der Waals surface area contributed by atoms with Crippen LogP contribution < -0.4 is 21.7 Å². The van der Waals surface area contributed by atoms with E-state index in [0.29, 0.717) is 0 Å². The Labute approximate surface area is 312 Å². The Bertz CT molecular complexity index is 1350. The number of ether oxygens (including phenoxy) is 6. The molecular formula is C30H50N4O21. The van der Waals surface area contributed by atoms with Crippen molar-refractivity contribution < 1.29 is 103 Å². The Kier molecular flexibility index (Phi) is 16.6. The summed E-state index contributed by atoms with van der Waals surface area (Å²) in [4.78, 5) is 60.5. The molecule has 0 bridgehead atoms. The third kappa shape index (κ3) is 11.2.